The lowest BCUT2D eigenvalue weighted by Gasteiger charge is -2.34. The van der Waals surface area contributed by atoms with E-state index in [1.165, 1.54) is 0 Å². The average Bonchev–Trinajstić information content (AvgIpc) is 2.02. The molecule has 0 spiro atoms. The average molecular weight is 208 g/mol. The van der Waals surface area contributed by atoms with Gasteiger partial charge in [0.25, 0.3) is 0 Å². The summed E-state index contributed by atoms with van der Waals surface area (Å²) >= 11 is 0. The van der Waals surface area contributed by atoms with Gasteiger partial charge in [-0.3, -0.25) is 8.42 Å². The van der Waals surface area contributed by atoms with Crippen molar-refractivity contribution < 1.29 is 8.42 Å². The van der Waals surface area contributed by atoms with Crippen LogP contribution in [0.3, 0.4) is 0 Å². The van der Waals surface area contributed by atoms with Crippen molar-refractivity contribution in [3.63, 3.8) is 0 Å². The summed E-state index contributed by atoms with van der Waals surface area (Å²) in [5.74, 6) is 1.51. The van der Waals surface area contributed by atoms with Gasteiger partial charge in [0, 0.05) is 33.1 Å². The summed E-state index contributed by atoms with van der Waals surface area (Å²) in [5.41, 5.74) is 0.105. The Kier molecular flexibility index (Phi) is 3.47. The Morgan fingerprint density at radius 1 is 1.08 bits per heavy atom. The lowest BCUT2D eigenvalue weighted by molar-refractivity contribution is 0.347. The first-order chi connectivity index (χ1) is 5.62. The van der Waals surface area contributed by atoms with Crippen molar-refractivity contribution in [1.29, 1.82) is 0 Å². The molecule has 1 rings (SSSR count). The molecule has 1 saturated heterocycles. The second-order valence-electron chi connectivity index (χ2n) is 3.49. The molecule has 0 aliphatic carbocycles. The Balaban J connectivity index is 2.76. The van der Waals surface area contributed by atoms with Crippen molar-refractivity contribution in [2.45, 2.75) is 26.7 Å². The van der Waals surface area contributed by atoms with E-state index in [4.69, 9.17) is 0 Å². The van der Waals surface area contributed by atoms with E-state index in [0.717, 1.165) is 24.3 Å². The molecule has 0 saturated carbocycles. The summed E-state index contributed by atoms with van der Waals surface area (Å²) < 4.78 is 22.6. The Hall–Kier alpha value is 0.300. The highest BCUT2D eigenvalue weighted by Crippen LogP contribution is 2.32. The molecule has 0 aromatic rings. The summed E-state index contributed by atoms with van der Waals surface area (Å²) in [6.07, 6.45) is 2.00. The van der Waals surface area contributed by atoms with Crippen LogP contribution in [0.15, 0.2) is 0 Å². The third-order valence-corrected chi connectivity index (χ3v) is 6.67. The standard InChI is InChI=1S/C8H16O2S2/c1-3-8(4-2)5-11(9)7-12(10)6-8/h3-7H2,1-2H3. The molecule has 2 unspecified atom stereocenters. The van der Waals surface area contributed by atoms with Crippen LogP contribution in [0.1, 0.15) is 26.7 Å². The molecule has 2 nitrogen and oxygen atoms in total. The third-order valence-electron chi connectivity index (χ3n) is 2.70. The number of rotatable bonds is 2. The second kappa shape index (κ2) is 4.01. The van der Waals surface area contributed by atoms with Gasteiger partial charge in [-0.25, -0.2) is 0 Å². The predicted molar refractivity (Wildman–Crippen MR) is 53.9 cm³/mol. The fourth-order valence-electron chi connectivity index (χ4n) is 1.61. The van der Waals surface area contributed by atoms with Crippen LogP contribution in [-0.4, -0.2) is 25.0 Å². The topological polar surface area (TPSA) is 34.1 Å². The lowest BCUT2D eigenvalue weighted by Crippen LogP contribution is -2.39. The maximum atomic E-state index is 11.3. The van der Waals surface area contributed by atoms with Crippen LogP contribution in [0.5, 0.6) is 0 Å². The highest BCUT2D eigenvalue weighted by molar-refractivity contribution is 8.02. The van der Waals surface area contributed by atoms with Crippen LogP contribution in [-0.2, 0) is 21.6 Å². The van der Waals surface area contributed by atoms with Crippen LogP contribution in [0.4, 0.5) is 0 Å². The summed E-state index contributed by atoms with van der Waals surface area (Å²) in [7, 11) is -1.68. The molecule has 1 heterocycles. The fourth-order valence-corrected chi connectivity index (χ4v) is 5.97. The van der Waals surface area contributed by atoms with E-state index >= 15 is 0 Å². The van der Waals surface area contributed by atoms with Gasteiger partial charge in [0.2, 0.25) is 0 Å². The first-order valence-electron chi connectivity index (χ1n) is 4.32. The molecule has 72 valence electrons. The van der Waals surface area contributed by atoms with Crippen LogP contribution >= 0.6 is 0 Å². The van der Waals surface area contributed by atoms with Gasteiger partial charge in [0.15, 0.2) is 0 Å². The maximum absolute atomic E-state index is 11.3. The van der Waals surface area contributed by atoms with E-state index < -0.39 is 21.6 Å². The van der Waals surface area contributed by atoms with Crippen LogP contribution < -0.4 is 0 Å². The maximum Gasteiger partial charge on any atom is 0.0992 e. The van der Waals surface area contributed by atoms with Gasteiger partial charge < -0.3 is 0 Å². The molecular formula is C8H16O2S2. The SMILES string of the molecule is CCC1(CC)CS(=O)CS(=O)C1. The summed E-state index contributed by atoms with van der Waals surface area (Å²) in [6.45, 7) is 4.20. The second-order valence-corrected chi connectivity index (χ2v) is 6.77. The molecule has 2 atom stereocenters. The molecule has 0 amide bonds. The molecule has 0 N–H and O–H groups in total. The quantitative estimate of drug-likeness (QED) is 0.684. The van der Waals surface area contributed by atoms with Crippen LogP contribution in [0.25, 0.3) is 0 Å². The highest BCUT2D eigenvalue weighted by atomic mass is 32.2. The van der Waals surface area contributed by atoms with E-state index in [1.54, 1.807) is 0 Å². The Bertz CT molecular complexity index is 191. The molecule has 0 bridgehead atoms. The normalized spacial score (nSPS) is 34.8. The molecule has 1 fully saturated rings. The zero-order valence-electron chi connectivity index (χ0n) is 7.67. The van der Waals surface area contributed by atoms with E-state index in [2.05, 4.69) is 13.8 Å². The third kappa shape index (κ3) is 2.16. The van der Waals surface area contributed by atoms with E-state index in [1.807, 2.05) is 0 Å². The minimum absolute atomic E-state index is 0.105. The lowest BCUT2D eigenvalue weighted by atomic mass is 9.87. The Labute approximate surface area is 79.0 Å². The summed E-state index contributed by atoms with van der Waals surface area (Å²) in [6, 6.07) is 0. The fraction of sp³-hybridized carbons (Fsp3) is 1.00. The molecule has 0 aromatic carbocycles. The largest absolute Gasteiger partial charge is 0.259 e. The summed E-state index contributed by atoms with van der Waals surface area (Å²) in [5, 5.41) is 0.405. The number of hydrogen-bond acceptors (Lipinski definition) is 2. The molecule has 0 aromatic heterocycles. The molecule has 1 aliphatic heterocycles. The minimum atomic E-state index is -0.840. The zero-order chi connectivity index (χ0) is 9.19. The molecule has 0 radical (unpaired) electrons. The number of hydrogen-bond donors (Lipinski definition) is 0. The molecule has 12 heavy (non-hydrogen) atoms. The van der Waals surface area contributed by atoms with Gasteiger partial charge >= 0.3 is 0 Å². The van der Waals surface area contributed by atoms with Gasteiger partial charge in [0.1, 0.15) is 0 Å². The van der Waals surface area contributed by atoms with Gasteiger partial charge in [-0.1, -0.05) is 13.8 Å². The Morgan fingerprint density at radius 2 is 1.50 bits per heavy atom. The van der Waals surface area contributed by atoms with Crippen LogP contribution in [0, 0.1) is 5.41 Å². The van der Waals surface area contributed by atoms with E-state index in [0.29, 0.717) is 5.08 Å². The van der Waals surface area contributed by atoms with Crippen molar-refractivity contribution in [1.82, 2.24) is 0 Å². The first kappa shape index (κ1) is 10.4. The molecule has 4 heteroatoms. The van der Waals surface area contributed by atoms with Crippen molar-refractivity contribution >= 4 is 21.6 Å². The van der Waals surface area contributed by atoms with Gasteiger partial charge in [-0.05, 0) is 18.3 Å². The van der Waals surface area contributed by atoms with E-state index in [-0.39, 0.29) is 5.41 Å². The Morgan fingerprint density at radius 3 is 1.83 bits per heavy atom. The van der Waals surface area contributed by atoms with Crippen molar-refractivity contribution in [2.24, 2.45) is 5.41 Å². The monoisotopic (exact) mass is 208 g/mol. The van der Waals surface area contributed by atoms with Crippen molar-refractivity contribution in [2.75, 3.05) is 16.6 Å². The van der Waals surface area contributed by atoms with E-state index in [9.17, 15) is 8.42 Å². The summed E-state index contributed by atoms with van der Waals surface area (Å²) in [4.78, 5) is 0. The zero-order valence-corrected chi connectivity index (χ0v) is 9.30. The molecular weight excluding hydrogens is 192 g/mol. The first-order valence-corrected chi connectivity index (χ1v) is 7.29. The smallest absolute Gasteiger partial charge is 0.0992 e. The van der Waals surface area contributed by atoms with Gasteiger partial charge in [-0.15, -0.1) is 0 Å². The van der Waals surface area contributed by atoms with Crippen molar-refractivity contribution in [3.05, 3.63) is 0 Å². The van der Waals surface area contributed by atoms with Gasteiger partial charge in [-0.2, -0.15) is 0 Å². The highest BCUT2D eigenvalue weighted by Gasteiger charge is 2.35. The van der Waals surface area contributed by atoms with Gasteiger partial charge in [0.05, 0.1) is 5.08 Å². The molecule has 1 aliphatic rings. The predicted octanol–water partition coefficient (Wildman–Crippen LogP) is 1.26. The minimum Gasteiger partial charge on any atom is -0.259 e. The van der Waals surface area contributed by atoms with Crippen molar-refractivity contribution in [3.8, 4) is 0 Å². The van der Waals surface area contributed by atoms with Crippen LogP contribution in [0.2, 0.25) is 0 Å².